The third-order valence-electron chi connectivity index (χ3n) is 3.29. The lowest BCUT2D eigenvalue weighted by molar-refractivity contribution is -0.144. The SMILES string of the molecule is CCOC(=O)C(C)NC(=O)c1csc2c1CCCC2. The van der Waals surface area contributed by atoms with Gasteiger partial charge in [-0.3, -0.25) is 4.79 Å². The first-order chi connectivity index (χ1) is 9.13. The van der Waals surface area contributed by atoms with Crippen LogP contribution in [0.5, 0.6) is 0 Å². The van der Waals surface area contributed by atoms with E-state index in [4.69, 9.17) is 4.74 Å². The van der Waals surface area contributed by atoms with Gasteiger partial charge >= 0.3 is 5.97 Å². The number of aryl methyl sites for hydroxylation is 1. The third kappa shape index (κ3) is 3.15. The first-order valence-corrected chi connectivity index (χ1v) is 7.58. The number of carbonyl (C=O) groups excluding carboxylic acids is 2. The molecule has 0 aromatic carbocycles. The summed E-state index contributed by atoms with van der Waals surface area (Å²) in [5, 5.41) is 4.62. The number of esters is 1. The minimum Gasteiger partial charge on any atom is -0.464 e. The van der Waals surface area contributed by atoms with Gasteiger partial charge in [-0.25, -0.2) is 4.79 Å². The van der Waals surface area contributed by atoms with Crippen molar-refractivity contribution in [2.24, 2.45) is 0 Å². The summed E-state index contributed by atoms with van der Waals surface area (Å²) in [6, 6.07) is -0.605. The predicted molar refractivity (Wildman–Crippen MR) is 74.5 cm³/mol. The molecule has 104 valence electrons. The highest BCUT2D eigenvalue weighted by Crippen LogP contribution is 2.30. The Kier molecular flexibility index (Phi) is 4.58. The Morgan fingerprint density at radius 3 is 2.89 bits per heavy atom. The standard InChI is InChI=1S/C14H19NO3S/c1-3-18-14(17)9(2)15-13(16)11-8-19-12-7-5-4-6-10(11)12/h8-9H,3-7H2,1-2H3,(H,15,16). The summed E-state index contributed by atoms with van der Waals surface area (Å²) >= 11 is 1.65. The van der Waals surface area contributed by atoms with Gasteiger partial charge in [0.25, 0.3) is 5.91 Å². The van der Waals surface area contributed by atoms with Crippen molar-refractivity contribution >= 4 is 23.2 Å². The summed E-state index contributed by atoms with van der Waals surface area (Å²) < 4.78 is 4.88. The molecular formula is C14H19NO3S. The van der Waals surface area contributed by atoms with E-state index < -0.39 is 6.04 Å². The Balaban J connectivity index is 2.04. The maximum atomic E-state index is 12.2. The van der Waals surface area contributed by atoms with E-state index in [0.29, 0.717) is 6.61 Å². The molecule has 19 heavy (non-hydrogen) atoms. The van der Waals surface area contributed by atoms with Crippen LogP contribution >= 0.6 is 11.3 Å². The molecule has 0 saturated carbocycles. The van der Waals surface area contributed by atoms with Gasteiger partial charge in [-0.15, -0.1) is 11.3 Å². The van der Waals surface area contributed by atoms with E-state index in [1.54, 1.807) is 25.2 Å². The number of ether oxygens (including phenoxy) is 1. The van der Waals surface area contributed by atoms with Crippen molar-refractivity contribution in [3.8, 4) is 0 Å². The Labute approximate surface area is 117 Å². The summed E-state index contributed by atoms with van der Waals surface area (Å²) in [6.07, 6.45) is 4.38. The highest BCUT2D eigenvalue weighted by molar-refractivity contribution is 7.10. The number of hydrogen-bond acceptors (Lipinski definition) is 4. The van der Waals surface area contributed by atoms with Crippen molar-refractivity contribution in [2.75, 3.05) is 6.61 Å². The minimum absolute atomic E-state index is 0.167. The van der Waals surface area contributed by atoms with Gasteiger partial charge in [-0.2, -0.15) is 0 Å². The topological polar surface area (TPSA) is 55.4 Å². The largest absolute Gasteiger partial charge is 0.464 e. The van der Waals surface area contributed by atoms with E-state index in [-0.39, 0.29) is 11.9 Å². The van der Waals surface area contributed by atoms with Crippen LogP contribution < -0.4 is 5.32 Å². The Morgan fingerprint density at radius 2 is 2.16 bits per heavy atom. The van der Waals surface area contributed by atoms with Crippen molar-refractivity contribution < 1.29 is 14.3 Å². The number of nitrogens with one attached hydrogen (secondary N) is 1. The zero-order valence-electron chi connectivity index (χ0n) is 11.3. The zero-order chi connectivity index (χ0) is 13.8. The molecule has 0 bridgehead atoms. The van der Waals surface area contributed by atoms with E-state index in [2.05, 4.69) is 5.32 Å². The van der Waals surface area contributed by atoms with Crippen molar-refractivity contribution in [3.63, 3.8) is 0 Å². The average Bonchev–Trinajstić information content (AvgIpc) is 2.82. The molecule has 0 fully saturated rings. The number of carbonyl (C=O) groups is 2. The van der Waals surface area contributed by atoms with Crippen LogP contribution in [0, 0.1) is 0 Å². The van der Waals surface area contributed by atoms with Gasteiger partial charge in [-0.05, 0) is 45.1 Å². The molecule has 1 aromatic heterocycles. The molecule has 1 unspecified atom stereocenters. The third-order valence-corrected chi connectivity index (χ3v) is 4.38. The summed E-state index contributed by atoms with van der Waals surface area (Å²) in [5.41, 5.74) is 1.90. The van der Waals surface area contributed by atoms with Crippen LogP contribution in [-0.4, -0.2) is 24.5 Å². The average molecular weight is 281 g/mol. The fraction of sp³-hybridized carbons (Fsp3) is 0.571. The van der Waals surface area contributed by atoms with Crippen LogP contribution in [0.2, 0.25) is 0 Å². The molecule has 2 rings (SSSR count). The number of rotatable bonds is 4. The quantitative estimate of drug-likeness (QED) is 0.862. The van der Waals surface area contributed by atoms with Crippen LogP contribution in [0.1, 0.15) is 47.5 Å². The molecule has 1 atom stereocenters. The van der Waals surface area contributed by atoms with Gasteiger partial charge < -0.3 is 10.1 Å². The molecule has 1 aromatic rings. The molecule has 0 aliphatic heterocycles. The maximum absolute atomic E-state index is 12.2. The fourth-order valence-electron chi connectivity index (χ4n) is 2.28. The lowest BCUT2D eigenvalue weighted by Crippen LogP contribution is -2.39. The molecule has 1 aliphatic rings. The van der Waals surface area contributed by atoms with Gasteiger partial charge in [0.1, 0.15) is 6.04 Å². The molecule has 0 radical (unpaired) electrons. The summed E-state index contributed by atoms with van der Waals surface area (Å²) in [7, 11) is 0. The highest BCUT2D eigenvalue weighted by atomic mass is 32.1. The molecule has 4 nitrogen and oxygen atoms in total. The lowest BCUT2D eigenvalue weighted by atomic mass is 9.95. The Hall–Kier alpha value is -1.36. The number of amides is 1. The zero-order valence-corrected chi connectivity index (χ0v) is 12.1. The molecule has 1 aliphatic carbocycles. The summed E-state index contributed by atoms with van der Waals surface area (Å²) in [4.78, 5) is 25.0. The van der Waals surface area contributed by atoms with E-state index >= 15 is 0 Å². The molecule has 1 amide bonds. The van der Waals surface area contributed by atoms with E-state index in [0.717, 1.165) is 24.8 Å². The number of fused-ring (bicyclic) bond motifs is 1. The van der Waals surface area contributed by atoms with Crippen LogP contribution in [0.15, 0.2) is 5.38 Å². The van der Waals surface area contributed by atoms with Crippen molar-refractivity contribution in [1.82, 2.24) is 5.32 Å². The highest BCUT2D eigenvalue weighted by Gasteiger charge is 2.23. The van der Waals surface area contributed by atoms with Gasteiger partial charge in [0.15, 0.2) is 0 Å². The van der Waals surface area contributed by atoms with Crippen LogP contribution in [0.3, 0.4) is 0 Å². The number of thiophene rings is 1. The summed E-state index contributed by atoms with van der Waals surface area (Å²) in [5.74, 6) is -0.556. The van der Waals surface area contributed by atoms with Crippen LogP contribution in [0.25, 0.3) is 0 Å². The molecule has 1 N–H and O–H groups in total. The van der Waals surface area contributed by atoms with Crippen LogP contribution in [-0.2, 0) is 22.4 Å². The lowest BCUT2D eigenvalue weighted by Gasteiger charge is -2.15. The van der Waals surface area contributed by atoms with Gasteiger partial charge in [0.2, 0.25) is 0 Å². The predicted octanol–water partition coefficient (Wildman–Crippen LogP) is 2.31. The normalized spacial score (nSPS) is 15.5. The van der Waals surface area contributed by atoms with Crippen molar-refractivity contribution in [2.45, 2.75) is 45.6 Å². The molecule has 1 heterocycles. The Morgan fingerprint density at radius 1 is 1.42 bits per heavy atom. The monoisotopic (exact) mass is 281 g/mol. The minimum atomic E-state index is -0.605. The summed E-state index contributed by atoms with van der Waals surface area (Å²) in [6.45, 7) is 3.73. The molecule has 5 heteroatoms. The maximum Gasteiger partial charge on any atom is 0.328 e. The second-order valence-electron chi connectivity index (χ2n) is 4.71. The van der Waals surface area contributed by atoms with Gasteiger partial charge in [0.05, 0.1) is 12.2 Å². The fourth-order valence-corrected chi connectivity index (χ4v) is 3.41. The van der Waals surface area contributed by atoms with Crippen molar-refractivity contribution in [3.05, 3.63) is 21.4 Å². The van der Waals surface area contributed by atoms with Crippen LogP contribution in [0.4, 0.5) is 0 Å². The van der Waals surface area contributed by atoms with Gasteiger partial charge in [0, 0.05) is 10.3 Å². The van der Waals surface area contributed by atoms with E-state index in [1.807, 2.05) is 5.38 Å². The second kappa shape index (κ2) is 6.19. The Bertz CT molecular complexity index is 481. The van der Waals surface area contributed by atoms with E-state index in [9.17, 15) is 9.59 Å². The van der Waals surface area contributed by atoms with Gasteiger partial charge in [-0.1, -0.05) is 0 Å². The molecular weight excluding hydrogens is 262 g/mol. The number of hydrogen-bond donors (Lipinski definition) is 1. The first kappa shape index (κ1) is 14.1. The molecule has 0 spiro atoms. The van der Waals surface area contributed by atoms with E-state index in [1.165, 1.54) is 16.9 Å². The second-order valence-corrected chi connectivity index (χ2v) is 5.67. The molecule has 0 saturated heterocycles. The smallest absolute Gasteiger partial charge is 0.328 e. The van der Waals surface area contributed by atoms with Crippen molar-refractivity contribution in [1.29, 1.82) is 0 Å². The first-order valence-electron chi connectivity index (χ1n) is 6.70.